The minimum Gasteiger partial charge on any atom is -0.323 e. The van der Waals surface area contributed by atoms with Gasteiger partial charge in [0.15, 0.2) is 5.65 Å². The van der Waals surface area contributed by atoms with E-state index in [1.165, 1.54) is 0 Å². The molecular formula is C20H16ClN5OS. The van der Waals surface area contributed by atoms with Crippen molar-refractivity contribution in [3.63, 3.8) is 0 Å². The number of nitrogens with zero attached hydrogens (tertiary/aromatic N) is 3. The number of hydrogen-bond donors (Lipinski definition) is 2. The maximum Gasteiger partial charge on any atom is 0.258 e. The molecule has 0 fully saturated rings. The van der Waals surface area contributed by atoms with E-state index >= 15 is 0 Å². The number of aromatic nitrogens is 4. The van der Waals surface area contributed by atoms with Crippen LogP contribution in [-0.2, 0) is 0 Å². The van der Waals surface area contributed by atoms with Crippen molar-refractivity contribution >= 4 is 46.1 Å². The maximum absolute atomic E-state index is 12.9. The summed E-state index contributed by atoms with van der Waals surface area (Å²) in [5.41, 5.74) is 3.05. The number of fused-ring (bicyclic) bond motifs is 1. The fraction of sp³-hybridized carbons (Fsp3) is 0.100. The Morgan fingerprint density at radius 2 is 2.00 bits per heavy atom. The van der Waals surface area contributed by atoms with Crippen LogP contribution in [0.3, 0.4) is 0 Å². The molecule has 140 valence electrons. The van der Waals surface area contributed by atoms with E-state index in [9.17, 15) is 4.79 Å². The average molecular weight is 410 g/mol. The summed E-state index contributed by atoms with van der Waals surface area (Å²) in [6, 6.07) is 10.9. The normalized spacial score (nSPS) is 10.9. The topological polar surface area (TPSA) is 83.6 Å². The zero-order valence-corrected chi connectivity index (χ0v) is 16.5. The molecule has 4 rings (SSSR count). The Kier molecular flexibility index (Phi) is 5.27. The highest BCUT2D eigenvalue weighted by Gasteiger charge is 2.17. The van der Waals surface area contributed by atoms with Gasteiger partial charge in [0.1, 0.15) is 11.3 Å². The lowest BCUT2D eigenvalue weighted by Gasteiger charge is -2.09. The van der Waals surface area contributed by atoms with Crippen molar-refractivity contribution in [2.45, 2.75) is 11.8 Å². The molecule has 28 heavy (non-hydrogen) atoms. The van der Waals surface area contributed by atoms with Gasteiger partial charge in [0.05, 0.1) is 17.4 Å². The maximum atomic E-state index is 12.9. The highest BCUT2D eigenvalue weighted by molar-refractivity contribution is 7.99. The molecule has 0 saturated carbocycles. The first-order chi connectivity index (χ1) is 13.7. The molecule has 0 unspecified atom stereocenters. The van der Waals surface area contributed by atoms with Crippen molar-refractivity contribution in [1.82, 2.24) is 19.9 Å². The number of pyridine rings is 2. The molecule has 1 amide bonds. The summed E-state index contributed by atoms with van der Waals surface area (Å²) in [5, 5.41) is 3.59. The van der Waals surface area contributed by atoms with E-state index in [2.05, 4.69) is 32.2 Å². The standard InChI is InChI=1S/C20H16ClN5OS/c1-2-28-16-8-9-22-11-15(16)24-20(27)14-7-10-23-19-17(14)25-18(26-19)12-3-5-13(21)6-4-12/h3-11H,2H2,1H3,(H,24,27)(H,23,25,26). The lowest BCUT2D eigenvalue weighted by Crippen LogP contribution is -2.13. The van der Waals surface area contributed by atoms with E-state index in [-0.39, 0.29) is 5.91 Å². The van der Waals surface area contributed by atoms with Crippen LogP contribution in [0.4, 0.5) is 5.69 Å². The molecule has 1 aromatic carbocycles. The minimum absolute atomic E-state index is 0.257. The number of thioether (sulfide) groups is 1. The minimum atomic E-state index is -0.257. The van der Waals surface area contributed by atoms with Gasteiger partial charge >= 0.3 is 0 Å². The first kappa shape index (κ1) is 18.5. The summed E-state index contributed by atoms with van der Waals surface area (Å²) in [7, 11) is 0. The van der Waals surface area contributed by atoms with E-state index in [0.717, 1.165) is 16.2 Å². The number of amides is 1. The summed E-state index contributed by atoms with van der Waals surface area (Å²) in [4.78, 5) is 30.1. The Balaban J connectivity index is 1.69. The van der Waals surface area contributed by atoms with Crippen LogP contribution in [0, 0.1) is 0 Å². The summed E-state index contributed by atoms with van der Waals surface area (Å²) in [5.74, 6) is 1.27. The van der Waals surface area contributed by atoms with Gasteiger partial charge in [-0.25, -0.2) is 9.97 Å². The number of H-pyrrole nitrogens is 1. The van der Waals surface area contributed by atoms with Crippen LogP contribution in [0.1, 0.15) is 17.3 Å². The number of benzene rings is 1. The van der Waals surface area contributed by atoms with Crippen LogP contribution < -0.4 is 5.32 Å². The molecule has 0 aliphatic carbocycles. The molecular weight excluding hydrogens is 394 g/mol. The zero-order valence-electron chi connectivity index (χ0n) is 14.9. The molecule has 4 aromatic rings. The molecule has 0 radical (unpaired) electrons. The summed E-state index contributed by atoms with van der Waals surface area (Å²) < 4.78 is 0. The van der Waals surface area contributed by atoms with Gasteiger partial charge in [-0.1, -0.05) is 18.5 Å². The number of nitrogens with one attached hydrogen (secondary N) is 2. The first-order valence-electron chi connectivity index (χ1n) is 8.64. The molecule has 0 saturated heterocycles. The van der Waals surface area contributed by atoms with E-state index < -0.39 is 0 Å². The molecule has 0 spiro atoms. The predicted octanol–water partition coefficient (Wildman–Crippen LogP) is 5.04. The fourth-order valence-corrected chi connectivity index (χ4v) is 3.64. The van der Waals surface area contributed by atoms with E-state index in [4.69, 9.17) is 11.6 Å². The van der Waals surface area contributed by atoms with Crippen LogP contribution in [-0.4, -0.2) is 31.6 Å². The van der Waals surface area contributed by atoms with Crippen molar-refractivity contribution in [2.24, 2.45) is 0 Å². The molecule has 0 atom stereocenters. The fourth-order valence-electron chi connectivity index (χ4n) is 2.78. The molecule has 3 aromatic heterocycles. The van der Waals surface area contributed by atoms with Gasteiger partial charge in [0.2, 0.25) is 0 Å². The van der Waals surface area contributed by atoms with Gasteiger partial charge < -0.3 is 10.3 Å². The van der Waals surface area contributed by atoms with Gasteiger partial charge in [-0.2, -0.15) is 0 Å². The number of hydrogen-bond acceptors (Lipinski definition) is 5. The average Bonchev–Trinajstić information content (AvgIpc) is 3.14. The third-order valence-corrected chi connectivity index (χ3v) is 5.28. The second kappa shape index (κ2) is 8.00. The second-order valence-electron chi connectivity index (χ2n) is 5.91. The van der Waals surface area contributed by atoms with Crippen LogP contribution in [0.15, 0.2) is 59.9 Å². The van der Waals surface area contributed by atoms with Crippen molar-refractivity contribution in [1.29, 1.82) is 0 Å². The smallest absolute Gasteiger partial charge is 0.258 e. The number of halogens is 1. The molecule has 0 aliphatic rings. The van der Waals surface area contributed by atoms with Crippen LogP contribution >= 0.6 is 23.4 Å². The summed E-state index contributed by atoms with van der Waals surface area (Å²) in [6.07, 6.45) is 4.95. The Labute approximate surface area is 170 Å². The van der Waals surface area contributed by atoms with Crippen molar-refractivity contribution in [3.8, 4) is 11.4 Å². The Morgan fingerprint density at radius 1 is 1.18 bits per heavy atom. The predicted molar refractivity (Wildman–Crippen MR) is 113 cm³/mol. The van der Waals surface area contributed by atoms with E-state index in [1.807, 2.05) is 18.2 Å². The third-order valence-electron chi connectivity index (χ3n) is 4.08. The SMILES string of the molecule is CCSc1ccncc1NC(=O)c1ccnc2[nH]c(-c3ccc(Cl)cc3)nc12. The molecule has 0 aliphatic heterocycles. The number of aromatic amines is 1. The largest absolute Gasteiger partial charge is 0.323 e. The Morgan fingerprint density at radius 3 is 2.79 bits per heavy atom. The van der Waals surface area contributed by atoms with E-state index in [0.29, 0.717) is 33.3 Å². The monoisotopic (exact) mass is 409 g/mol. The number of carbonyl (C=O) groups excluding carboxylic acids is 1. The zero-order chi connectivity index (χ0) is 19.5. The second-order valence-corrected chi connectivity index (χ2v) is 7.65. The van der Waals surface area contributed by atoms with Crippen molar-refractivity contribution < 1.29 is 4.79 Å². The van der Waals surface area contributed by atoms with Gasteiger partial charge in [0, 0.05) is 27.9 Å². The summed E-state index contributed by atoms with van der Waals surface area (Å²) in [6.45, 7) is 2.06. The lowest BCUT2D eigenvalue weighted by atomic mass is 10.2. The van der Waals surface area contributed by atoms with Crippen molar-refractivity contribution in [3.05, 3.63) is 65.6 Å². The van der Waals surface area contributed by atoms with Crippen LogP contribution in [0.2, 0.25) is 5.02 Å². The van der Waals surface area contributed by atoms with Crippen molar-refractivity contribution in [2.75, 3.05) is 11.1 Å². The molecule has 8 heteroatoms. The Hall–Kier alpha value is -2.90. The van der Waals surface area contributed by atoms with Crippen LogP contribution in [0.5, 0.6) is 0 Å². The highest BCUT2D eigenvalue weighted by Crippen LogP contribution is 2.27. The van der Waals surface area contributed by atoms with Gasteiger partial charge in [-0.3, -0.25) is 9.78 Å². The van der Waals surface area contributed by atoms with Gasteiger partial charge in [-0.05, 0) is 42.2 Å². The number of carbonyl (C=O) groups is 1. The third kappa shape index (κ3) is 3.72. The van der Waals surface area contributed by atoms with Gasteiger partial charge in [-0.15, -0.1) is 11.8 Å². The van der Waals surface area contributed by atoms with Gasteiger partial charge in [0.25, 0.3) is 5.91 Å². The molecule has 3 heterocycles. The van der Waals surface area contributed by atoms with Crippen LogP contribution in [0.25, 0.3) is 22.6 Å². The quantitative estimate of drug-likeness (QED) is 0.451. The number of imidazole rings is 1. The number of anilines is 1. The summed E-state index contributed by atoms with van der Waals surface area (Å²) >= 11 is 7.60. The van der Waals surface area contributed by atoms with E-state index in [1.54, 1.807) is 48.6 Å². The molecule has 0 bridgehead atoms. The molecule has 2 N–H and O–H groups in total. The first-order valence-corrected chi connectivity index (χ1v) is 10.0. The molecule has 6 nitrogen and oxygen atoms in total. The Bertz CT molecular complexity index is 1140. The highest BCUT2D eigenvalue weighted by atomic mass is 35.5. The lowest BCUT2D eigenvalue weighted by molar-refractivity contribution is 0.102. The number of rotatable bonds is 5.